The van der Waals surface area contributed by atoms with Crippen LogP contribution in [0.15, 0.2) is 34.3 Å². The van der Waals surface area contributed by atoms with Gasteiger partial charge >= 0.3 is 5.97 Å². The largest absolute Gasteiger partial charge is 0.420 e. The molecule has 3 atom stereocenters. The summed E-state index contributed by atoms with van der Waals surface area (Å²) in [6.45, 7) is 7.26. The molecule has 12 heteroatoms. The number of oxime groups is 1. The minimum atomic E-state index is -0.944. The van der Waals surface area contributed by atoms with E-state index in [-0.39, 0.29) is 44.2 Å². The van der Waals surface area contributed by atoms with Crippen molar-refractivity contribution in [3.8, 4) is 5.75 Å². The fourth-order valence-corrected chi connectivity index (χ4v) is 5.79. The van der Waals surface area contributed by atoms with E-state index in [2.05, 4.69) is 10.5 Å². The molecule has 0 saturated carbocycles. The van der Waals surface area contributed by atoms with E-state index in [0.29, 0.717) is 25.3 Å². The summed E-state index contributed by atoms with van der Waals surface area (Å²) in [5.41, 5.74) is -1.54. The Labute approximate surface area is 236 Å². The zero-order chi connectivity index (χ0) is 29.6. The van der Waals surface area contributed by atoms with Crippen LogP contribution in [0.5, 0.6) is 5.75 Å². The first-order valence-corrected chi connectivity index (χ1v) is 13.6. The molecule has 1 spiro atoms. The van der Waals surface area contributed by atoms with Crippen molar-refractivity contribution in [3.63, 3.8) is 0 Å². The summed E-state index contributed by atoms with van der Waals surface area (Å²) >= 11 is 0. The first-order valence-electron chi connectivity index (χ1n) is 13.6. The van der Waals surface area contributed by atoms with Crippen LogP contribution < -0.4 is 15.5 Å². The van der Waals surface area contributed by atoms with Crippen LogP contribution in [0.1, 0.15) is 87.3 Å². The molecule has 1 aromatic heterocycles. The highest BCUT2D eigenvalue weighted by atomic mass is 19.1. The van der Waals surface area contributed by atoms with E-state index in [9.17, 15) is 28.0 Å². The van der Waals surface area contributed by atoms with Crippen molar-refractivity contribution in [1.29, 1.82) is 0 Å². The molecule has 1 N–H and O–H groups in total. The molecule has 220 valence electrons. The Morgan fingerprint density at radius 1 is 1.29 bits per heavy atom. The quantitative estimate of drug-likeness (QED) is 0.524. The van der Waals surface area contributed by atoms with Gasteiger partial charge in [-0.25, -0.2) is 8.78 Å². The zero-order valence-corrected chi connectivity index (χ0v) is 23.3. The standard InChI is InChI=1S/C29H32F2N4O6.H2/c1-15(2)9-23(36)40-26-24-28(39)34-14-22(29(8-7-17(34)4)11-16(3)33-41-29)35(24)13-20(25(26)37)27(38)32-12-18-5-6-19(30)10-21(18)31;/h5-6,10,13,15,17,22H,7-9,11-12,14H2,1-4H3,(H,32,38);1H/t17-,22+,29-;/m0./s1. The van der Waals surface area contributed by atoms with Crippen molar-refractivity contribution in [2.24, 2.45) is 11.1 Å². The Hall–Kier alpha value is -4.09. The first-order chi connectivity index (χ1) is 19.4. The van der Waals surface area contributed by atoms with Gasteiger partial charge in [0.25, 0.3) is 11.8 Å². The molecule has 3 aliphatic rings. The van der Waals surface area contributed by atoms with Crippen molar-refractivity contribution in [2.45, 2.75) is 77.6 Å². The number of halogens is 2. The van der Waals surface area contributed by atoms with Gasteiger partial charge in [-0.3, -0.25) is 19.2 Å². The summed E-state index contributed by atoms with van der Waals surface area (Å²) in [5.74, 6) is -4.33. The predicted octanol–water partition coefficient (Wildman–Crippen LogP) is 3.97. The summed E-state index contributed by atoms with van der Waals surface area (Å²) in [5, 5.41) is 6.67. The van der Waals surface area contributed by atoms with Crippen molar-refractivity contribution in [2.75, 3.05) is 6.54 Å². The SMILES string of the molecule is CC1=NO[C@@]2(CC[C@H](C)N3C[C@H]2n2cc(C(=O)NCc4ccc(F)cc4F)c(=O)c(OC(=O)CC(C)C)c2C3=O)C1.[HH]. The fraction of sp³-hybridized carbons (Fsp3) is 0.483. The maximum absolute atomic E-state index is 14.2. The Morgan fingerprint density at radius 2 is 2.05 bits per heavy atom. The number of fused-ring (bicyclic) bond motifs is 5. The highest BCUT2D eigenvalue weighted by Crippen LogP contribution is 2.46. The third-order valence-electron chi connectivity index (χ3n) is 7.91. The number of hydrogen-bond acceptors (Lipinski definition) is 7. The van der Waals surface area contributed by atoms with E-state index in [0.717, 1.165) is 11.8 Å². The lowest BCUT2D eigenvalue weighted by molar-refractivity contribution is -0.135. The van der Waals surface area contributed by atoms with Gasteiger partial charge in [0.15, 0.2) is 11.3 Å². The van der Waals surface area contributed by atoms with Crippen molar-refractivity contribution < 1.29 is 34.2 Å². The molecular formula is C29H34F2N4O6. The molecule has 0 radical (unpaired) electrons. The number of hydrogen-bond donors (Lipinski definition) is 1. The van der Waals surface area contributed by atoms with E-state index in [1.54, 1.807) is 18.7 Å². The van der Waals surface area contributed by atoms with Gasteiger partial charge in [-0.05, 0) is 38.7 Å². The fourth-order valence-electron chi connectivity index (χ4n) is 5.79. The molecular weight excluding hydrogens is 538 g/mol. The van der Waals surface area contributed by atoms with E-state index in [1.165, 1.54) is 16.8 Å². The molecule has 3 aliphatic heterocycles. The maximum Gasteiger partial charge on any atom is 0.311 e. The minimum Gasteiger partial charge on any atom is -0.420 e. The van der Waals surface area contributed by atoms with E-state index >= 15 is 0 Å². The molecule has 0 aliphatic carbocycles. The molecule has 4 heterocycles. The van der Waals surface area contributed by atoms with Gasteiger partial charge in [-0.2, -0.15) is 0 Å². The molecule has 2 bridgehead atoms. The molecule has 41 heavy (non-hydrogen) atoms. The van der Waals surface area contributed by atoms with Gasteiger partial charge in [0, 0.05) is 51.2 Å². The van der Waals surface area contributed by atoms with Gasteiger partial charge in [0.2, 0.25) is 11.2 Å². The number of nitrogens with zero attached hydrogens (tertiary/aromatic N) is 3. The zero-order valence-electron chi connectivity index (χ0n) is 23.3. The van der Waals surface area contributed by atoms with Crippen molar-refractivity contribution >= 4 is 23.5 Å². The molecule has 2 aromatic rings. The van der Waals surface area contributed by atoms with Crippen LogP contribution in [-0.2, 0) is 16.2 Å². The number of aromatic nitrogens is 1. The topological polar surface area (TPSA) is 119 Å². The predicted molar refractivity (Wildman–Crippen MR) is 146 cm³/mol. The highest BCUT2D eigenvalue weighted by Gasteiger charge is 2.54. The third kappa shape index (κ3) is 5.22. The maximum atomic E-state index is 14.2. The Bertz CT molecular complexity index is 1530. The van der Waals surface area contributed by atoms with Gasteiger partial charge < -0.3 is 24.4 Å². The number of benzene rings is 1. The van der Waals surface area contributed by atoms with Crippen LogP contribution in [0.4, 0.5) is 8.78 Å². The van der Waals surface area contributed by atoms with Gasteiger partial charge in [-0.15, -0.1) is 0 Å². The minimum absolute atomic E-state index is 0. The summed E-state index contributed by atoms with van der Waals surface area (Å²) in [4.78, 5) is 61.3. The Morgan fingerprint density at radius 3 is 2.71 bits per heavy atom. The number of pyridine rings is 1. The van der Waals surface area contributed by atoms with Crippen molar-refractivity contribution in [3.05, 3.63) is 63.1 Å². The van der Waals surface area contributed by atoms with E-state index in [1.807, 2.05) is 13.8 Å². The number of esters is 1. The summed E-state index contributed by atoms with van der Waals surface area (Å²) in [6.07, 6.45) is 2.91. The van der Waals surface area contributed by atoms with Crippen LogP contribution >= 0.6 is 0 Å². The number of carbonyl (C=O) groups excluding carboxylic acids is 3. The Balaban J connectivity index is 0.00000405. The highest BCUT2D eigenvalue weighted by molar-refractivity contribution is 6.00. The van der Waals surface area contributed by atoms with E-state index in [4.69, 9.17) is 9.57 Å². The molecule has 0 unspecified atom stereocenters. The normalized spacial score (nSPS) is 23.1. The van der Waals surface area contributed by atoms with E-state index < -0.39 is 57.8 Å². The Kier molecular flexibility index (Phi) is 7.43. The monoisotopic (exact) mass is 572 g/mol. The average molecular weight is 573 g/mol. The molecule has 2 amide bonds. The molecule has 1 saturated heterocycles. The number of carbonyl (C=O) groups is 3. The first kappa shape index (κ1) is 28.4. The summed E-state index contributed by atoms with van der Waals surface area (Å²) in [6, 6.07) is 2.20. The van der Waals surface area contributed by atoms with Crippen LogP contribution in [-0.4, -0.2) is 51.2 Å². The summed E-state index contributed by atoms with van der Waals surface area (Å²) < 4.78 is 34.6. The third-order valence-corrected chi connectivity index (χ3v) is 7.91. The summed E-state index contributed by atoms with van der Waals surface area (Å²) in [7, 11) is 0. The lowest BCUT2D eigenvalue weighted by atomic mass is 9.84. The number of nitrogens with one attached hydrogen (secondary N) is 1. The molecule has 1 fully saturated rings. The van der Waals surface area contributed by atoms with Gasteiger partial charge in [0.1, 0.15) is 17.2 Å². The second kappa shape index (κ2) is 10.7. The molecule has 5 rings (SSSR count). The lowest BCUT2D eigenvalue weighted by Gasteiger charge is -2.42. The van der Waals surface area contributed by atoms with Crippen LogP contribution in [0, 0.1) is 17.6 Å². The average Bonchev–Trinajstić information content (AvgIpc) is 3.23. The van der Waals surface area contributed by atoms with Crippen molar-refractivity contribution in [1.82, 2.24) is 14.8 Å². The molecule has 10 nitrogen and oxygen atoms in total. The van der Waals surface area contributed by atoms with Crippen LogP contribution in [0.3, 0.4) is 0 Å². The second-order valence-electron chi connectivity index (χ2n) is 11.5. The molecule has 1 aromatic carbocycles. The van der Waals surface area contributed by atoms with Gasteiger partial charge in [-0.1, -0.05) is 25.1 Å². The number of amides is 2. The lowest BCUT2D eigenvalue weighted by Crippen LogP contribution is -2.52. The number of ether oxygens (including phenoxy) is 1. The van der Waals surface area contributed by atoms with Gasteiger partial charge in [0.05, 0.1) is 11.8 Å². The number of rotatable bonds is 6. The van der Waals surface area contributed by atoms with Crippen LogP contribution in [0.2, 0.25) is 0 Å². The van der Waals surface area contributed by atoms with Crippen LogP contribution in [0.25, 0.3) is 0 Å². The second-order valence-corrected chi connectivity index (χ2v) is 11.5. The smallest absolute Gasteiger partial charge is 0.311 e.